The normalized spacial score (nSPS) is 9.93. The third kappa shape index (κ3) is 3.42. The average molecular weight is 321 g/mol. The van der Waals surface area contributed by atoms with Gasteiger partial charge in [0.25, 0.3) is 0 Å². The molecule has 0 atom stereocenters. The molecule has 76 valence electrons. The lowest BCUT2D eigenvalue weighted by atomic mass is 10.2. The van der Waals surface area contributed by atoms with Crippen molar-refractivity contribution in [3.8, 4) is 0 Å². The van der Waals surface area contributed by atoms with E-state index in [0.29, 0.717) is 11.8 Å². The highest BCUT2D eigenvalue weighted by atomic mass is 79.9. The first-order valence-corrected chi connectivity index (χ1v) is 6.17. The number of alkyl halides is 1. The molecule has 1 amide bonds. The second-order valence-corrected chi connectivity index (χ2v) is 4.66. The molecular weight excluding hydrogens is 310 g/mol. The van der Waals surface area contributed by atoms with E-state index in [0.717, 1.165) is 15.7 Å². The maximum absolute atomic E-state index is 11.3. The Hall–Kier alpha value is -0.350. The summed E-state index contributed by atoms with van der Waals surface area (Å²) in [7, 11) is 0. The number of aryl methyl sites for hydroxylation is 1. The second-order valence-electron chi connectivity index (χ2n) is 2.95. The molecule has 0 aromatic heterocycles. The van der Waals surface area contributed by atoms with Crippen molar-refractivity contribution in [2.45, 2.75) is 13.3 Å². The van der Waals surface area contributed by atoms with E-state index in [1.807, 2.05) is 25.1 Å². The molecule has 14 heavy (non-hydrogen) atoms. The van der Waals surface area contributed by atoms with Crippen LogP contribution in [0.4, 0.5) is 5.69 Å². The van der Waals surface area contributed by atoms with Crippen molar-refractivity contribution in [3.63, 3.8) is 0 Å². The smallest absolute Gasteiger partial charge is 0.225 e. The quantitative estimate of drug-likeness (QED) is 0.849. The third-order valence-corrected chi connectivity index (χ3v) is 2.67. The largest absolute Gasteiger partial charge is 0.326 e. The van der Waals surface area contributed by atoms with Gasteiger partial charge in [-0.3, -0.25) is 4.79 Å². The van der Waals surface area contributed by atoms with Crippen LogP contribution in [0.2, 0.25) is 0 Å². The first kappa shape index (κ1) is 11.7. The minimum Gasteiger partial charge on any atom is -0.326 e. The summed E-state index contributed by atoms with van der Waals surface area (Å²) in [5, 5.41) is 3.54. The minimum absolute atomic E-state index is 0.0345. The molecular formula is C10H11Br2NO. The molecule has 0 heterocycles. The number of amides is 1. The zero-order valence-corrected chi connectivity index (χ0v) is 11.0. The lowest BCUT2D eigenvalue weighted by molar-refractivity contribution is -0.115. The van der Waals surface area contributed by atoms with Gasteiger partial charge in [0.05, 0.1) is 0 Å². The summed E-state index contributed by atoms with van der Waals surface area (Å²) in [6.45, 7) is 1.97. The zero-order chi connectivity index (χ0) is 10.6. The summed E-state index contributed by atoms with van der Waals surface area (Å²) < 4.78 is 1.02. The molecule has 0 aliphatic rings. The van der Waals surface area contributed by atoms with Crippen LogP contribution in [-0.2, 0) is 4.79 Å². The van der Waals surface area contributed by atoms with Gasteiger partial charge in [-0.25, -0.2) is 0 Å². The average Bonchev–Trinajstić information content (AvgIpc) is 2.10. The van der Waals surface area contributed by atoms with Crippen molar-refractivity contribution in [3.05, 3.63) is 28.2 Å². The fourth-order valence-electron chi connectivity index (χ4n) is 1.07. The van der Waals surface area contributed by atoms with E-state index < -0.39 is 0 Å². The van der Waals surface area contributed by atoms with Gasteiger partial charge < -0.3 is 5.32 Å². The number of benzene rings is 1. The van der Waals surface area contributed by atoms with Crippen molar-refractivity contribution in [1.29, 1.82) is 0 Å². The number of nitrogens with one attached hydrogen (secondary N) is 1. The molecule has 1 aromatic carbocycles. The number of halogens is 2. The molecule has 1 N–H and O–H groups in total. The Kier molecular flexibility index (Phi) is 4.62. The Morgan fingerprint density at radius 3 is 2.79 bits per heavy atom. The van der Waals surface area contributed by atoms with Crippen molar-refractivity contribution in [2.24, 2.45) is 0 Å². The van der Waals surface area contributed by atoms with Crippen molar-refractivity contribution in [1.82, 2.24) is 0 Å². The molecule has 0 bridgehead atoms. The molecule has 2 nitrogen and oxygen atoms in total. The first-order valence-electron chi connectivity index (χ1n) is 4.25. The van der Waals surface area contributed by atoms with Gasteiger partial charge in [0.1, 0.15) is 0 Å². The summed E-state index contributed by atoms with van der Waals surface area (Å²) in [5.41, 5.74) is 1.93. The molecule has 0 fully saturated rings. The Balaban J connectivity index is 2.72. The standard InChI is InChI=1S/C10H11Br2NO/c1-7-6-8(12)2-3-9(7)13-10(14)4-5-11/h2-3,6H,4-5H2,1H3,(H,13,14). The van der Waals surface area contributed by atoms with Crippen LogP contribution < -0.4 is 5.32 Å². The maximum atomic E-state index is 11.3. The van der Waals surface area contributed by atoms with E-state index in [4.69, 9.17) is 0 Å². The SMILES string of the molecule is Cc1cc(Br)ccc1NC(=O)CCBr. The molecule has 0 saturated carbocycles. The zero-order valence-electron chi connectivity index (χ0n) is 7.81. The third-order valence-electron chi connectivity index (χ3n) is 1.78. The van der Waals surface area contributed by atoms with E-state index in [-0.39, 0.29) is 5.91 Å². The highest BCUT2D eigenvalue weighted by Gasteiger charge is 2.03. The van der Waals surface area contributed by atoms with Crippen LogP contribution in [0.3, 0.4) is 0 Å². The molecule has 4 heteroatoms. The monoisotopic (exact) mass is 319 g/mol. The van der Waals surface area contributed by atoms with E-state index in [1.165, 1.54) is 0 Å². The lowest BCUT2D eigenvalue weighted by Gasteiger charge is -2.07. The lowest BCUT2D eigenvalue weighted by Crippen LogP contribution is -2.12. The van der Waals surface area contributed by atoms with Crippen LogP contribution in [0.5, 0.6) is 0 Å². The van der Waals surface area contributed by atoms with Gasteiger partial charge >= 0.3 is 0 Å². The van der Waals surface area contributed by atoms with Crippen LogP contribution in [-0.4, -0.2) is 11.2 Å². The number of carbonyl (C=O) groups excluding carboxylic acids is 1. The van der Waals surface area contributed by atoms with E-state index >= 15 is 0 Å². The summed E-state index contributed by atoms with van der Waals surface area (Å²) in [6.07, 6.45) is 0.496. The summed E-state index contributed by atoms with van der Waals surface area (Å²) >= 11 is 6.60. The fraction of sp³-hybridized carbons (Fsp3) is 0.300. The van der Waals surface area contributed by atoms with E-state index in [9.17, 15) is 4.79 Å². The molecule has 0 radical (unpaired) electrons. The molecule has 1 rings (SSSR count). The molecule has 0 saturated heterocycles. The predicted octanol–water partition coefficient (Wildman–Crippen LogP) is 3.48. The van der Waals surface area contributed by atoms with Crippen LogP contribution in [0.15, 0.2) is 22.7 Å². The summed E-state index contributed by atoms with van der Waals surface area (Å²) in [5.74, 6) is 0.0345. The number of rotatable bonds is 3. The summed E-state index contributed by atoms with van der Waals surface area (Å²) in [6, 6.07) is 5.78. The van der Waals surface area contributed by atoms with Crippen LogP contribution >= 0.6 is 31.9 Å². The van der Waals surface area contributed by atoms with E-state index in [1.54, 1.807) is 0 Å². The number of hydrogen-bond donors (Lipinski definition) is 1. The molecule has 0 aliphatic carbocycles. The van der Waals surface area contributed by atoms with Crippen molar-refractivity contribution in [2.75, 3.05) is 10.6 Å². The van der Waals surface area contributed by atoms with E-state index in [2.05, 4.69) is 37.2 Å². The second kappa shape index (κ2) is 5.51. The maximum Gasteiger partial charge on any atom is 0.225 e. The Labute approximate surface area is 100 Å². The number of anilines is 1. The van der Waals surface area contributed by atoms with Gasteiger partial charge in [-0.2, -0.15) is 0 Å². The molecule has 0 aliphatic heterocycles. The first-order chi connectivity index (χ1) is 6.63. The fourth-order valence-corrected chi connectivity index (χ4v) is 1.90. The Morgan fingerprint density at radius 2 is 2.21 bits per heavy atom. The van der Waals surface area contributed by atoms with Gasteiger partial charge in [-0.1, -0.05) is 31.9 Å². The van der Waals surface area contributed by atoms with Gasteiger partial charge in [0.2, 0.25) is 5.91 Å². The van der Waals surface area contributed by atoms with Gasteiger partial charge in [-0.15, -0.1) is 0 Å². The Bertz CT molecular complexity index is 339. The van der Waals surface area contributed by atoms with Crippen LogP contribution in [0.1, 0.15) is 12.0 Å². The van der Waals surface area contributed by atoms with Crippen molar-refractivity contribution < 1.29 is 4.79 Å². The predicted molar refractivity (Wildman–Crippen MR) is 65.9 cm³/mol. The Morgan fingerprint density at radius 1 is 1.50 bits per heavy atom. The molecule has 0 unspecified atom stereocenters. The van der Waals surface area contributed by atoms with Gasteiger partial charge in [0.15, 0.2) is 0 Å². The van der Waals surface area contributed by atoms with Crippen molar-refractivity contribution >= 4 is 43.5 Å². The number of hydrogen-bond acceptors (Lipinski definition) is 1. The minimum atomic E-state index is 0.0345. The highest BCUT2D eigenvalue weighted by Crippen LogP contribution is 2.20. The van der Waals surface area contributed by atoms with Crippen LogP contribution in [0, 0.1) is 6.92 Å². The topological polar surface area (TPSA) is 29.1 Å². The number of carbonyl (C=O) groups is 1. The molecule has 0 spiro atoms. The van der Waals surface area contributed by atoms with Gasteiger partial charge in [0, 0.05) is 21.9 Å². The van der Waals surface area contributed by atoms with Gasteiger partial charge in [-0.05, 0) is 30.7 Å². The van der Waals surface area contributed by atoms with Crippen LogP contribution in [0.25, 0.3) is 0 Å². The molecule has 1 aromatic rings. The highest BCUT2D eigenvalue weighted by molar-refractivity contribution is 9.10. The summed E-state index contributed by atoms with van der Waals surface area (Å²) in [4.78, 5) is 11.3.